The molecular formula is C19H27F3N2O7. The van der Waals surface area contributed by atoms with E-state index >= 15 is 0 Å². The second-order valence-corrected chi connectivity index (χ2v) is 6.95. The number of rotatable bonds is 7. The van der Waals surface area contributed by atoms with Crippen LogP contribution in [0.25, 0.3) is 0 Å². The van der Waals surface area contributed by atoms with Crippen LogP contribution in [0.4, 0.5) is 13.2 Å². The summed E-state index contributed by atoms with van der Waals surface area (Å²) in [7, 11) is 1.62. The maximum atomic E-state index is 12.6. The summed E-state index contributed by atoms with van der Waals surface area (Å²) < 4.78 is 43.2. The summed E-state index contributed by atoms with van der Waals surface area (Å²) in [6.07, 6.45) is -8.83. The van der Waals surface area contributed by atoms with Gasteiger partial charge in [0.15, 0.2) is 12.2 Å². The highest BCUT2D eigenvalue weighted by molar-refractivity contribution is 5.83. The van der Waals surface area contributed by atoms with Crippen molar-refractivity contribution in [3.8, 4) is 0 Å². The number of aliphatic hydroxyl groups is 2. The second-order valence-electron chi connectivity index (χ2n) is 6.95. The summed E-state index contributed by atoms with van der Waals surface area (Å²) in [5.41, 5.74) is 0.245. The van der Waals surface area contributed by atoms with Crippen LogP contribution in [0, 0.1) is 0 Å². The van der Waals surface area contributed by atoms with Crippen molar-refractivity contribution in [3.05, 3.63) is 35.4 Å². The number of hydrogen-bond donors (Lipinski definition) is 5. The number of piperazine rings is 1. The normalized spacial score (nSPS) is 20.2. The zero-order valence-corrected chi connectivity index (χ0v) is 17.0. The number of nitrogens with zero attached hydrogens (tertiary/aromatic N) is 1. The molecule has 0 radical (unpaired) electrons. The molecule has 5 N–H and O–H groups in total. The summed E-state index contributed by atoms with van der Waals surface area (Å²) in [5.74, 6) is -3.54. The molecule has 0 aromatic heterocycles. The Balaban J connectivity index is 0.000000407. The third-order valence-electron chi connectivity index (χ3n) is 4.71. The maximum absolute atomic E-state index is 12.6. The van der Waals surface area contributed by atoms with Gasteiger partial charge in [0, 0.05) is 32.8 Å². The van der Waals surface area contributed by atoms with Crippen LogP contribution in [0.5, 0.6) is 0 Å². The average Bonchev–Trinajstić information content (AvgIpc) is 2.71. The van der Waals surface area contributed by atoms with Crippen LogP contribution in [-0.4, -0.2) is 88.9 Å². The zero-order chi connectivity index (χ0) is 23.8. The number of halogens is 3. The SMILES string of the molecule is COC[C@@H](c1ccc(C(F)(F)F)cc1)N1CCNC[C@@H]1C.O=C(O)[C@@H](O)[C@H](O)C(=O)O. The third-order valence-corrected chi connectivity index (χ3v) is 4.71. The summed E-state index contributed by atoms with van der Waals surface area (Å²) >= 11 is 0. The Labute approximate surface area is 177 Å². The number of hydrogen-bond acceptors (Lipinski definition) is 7. The highest BCUT2D eigenvalue weighted by Gasteiger charge is 2.32. The van der Waals surface area contributed by atoms with Gasteiger partial charge in [-0.1, -0.05) is 12.1 Å². The summed E-state index contributed by atoms with van der Waals surface area (Å²) in [6.45, 7) is 5.19. The van der Waals surface area contributed by atoms with Crippen LogP contribution in [-0.2, 0) is 20.5 Å². The van der Waals surface area contributed by atoms with Gasteiger partial charge in [0.05, 0.1) is 18.2 Å². The molecule has 2 rings (SSSR count). The Morgan fingerprint density at radius 2 is 1.68 bits per heavy atom. The van der Waals surface area contributed by atoms with Crippen molar-refractivity contribution in [2.45, 2.75) is 37.4 Å². The predicted molar refractivity (Wildman–Crippen MR) is 102 cm³/mol. The summed E-state index contributed by atoms with van der Waals surface area (Å²) in [4.78, 5) is 21.8. The number of aliphatic carboxylic acids is 2. The first kappa shape index (κ1) is 26.8. The molecule has 1 fully saturated rings. The highest BCUT2D eigenvalue weighted by Crippen LogP contribution is 2.31. The van der Waals surface area contributed by atoms with E-state index < -0.39 is 35.9 Å². The highest BCUT2D eigenvalue weighted by atomic mass is 19.4. The number of aliphatic hydroxyl groups excluding tert-OH is 2. The molecule has 4 atom stereocenters. The summed E-state index contributed by atoms with van der Waals surface area (Å²) in [5, 5.41) is 35.8. The fourth-order valence-corrected chi connectivity index (χ4v) is 3.03. The molecule has 12 heteroatoms. The van der Waals surface area contributed by atoms with Gasteiger partial charge in [-0.25, -0.2) is 9.59 Å². The quantitative estimate of drug-likeness (QED) is 0.402. The van der Waals surface area contributed by atoms with E-state index in [1.807, 2.05) is 0 Å². The number of carbonyl (C=O) groups is 2. The molecule has 0 unspecified atom stereocenters. The third kappa shape index (κ3) is 8.07. The number of carboxylic acid groups (broad SMARTS) is 2. The standard InChI is InChI=1S/C15H21F3N2O.C4H6O6/c1-11-9-19-7-8-20(11)14(10-21-2)12-3-5-13(6-4-12)15(16,17)18;5-1(3(7)8)2(6)4(9)10/h3-6,11,14,19H,7-10H2,1-2H3;1-2,5-6H,(H,7,8)(H,9,10)/t11-,14-;1-,2-/m00/s1. The lowest BCUT2D eigenvalue weighted by molar-refractivity contribution is -0.165. The van der Waals surface area contributed by atoms with Crippen LogP contribution >= 0.6 is 0 Å². The molecular weight excluding hydrogens is 425 g/mol. The van der Waals surface area contributed by atoms with Crippen molar-refractivity contribution in [3.63, 3.8) is 0 Å². The molecule has 0 saturated carbocycles. The monoisotopic (exact) mass is 452 g/mol. The topological polar surface area (TPSA) is 140 Å². The molecule has 9 nitrogen and oxygen atoms in total. The Bertz CT molecular complexity index is 697. The van der Waals surface area contributed by atoms with E-state index in [0.717, 1.165) is 37.3 Å². The van der Waals surface area contributed by atoms with Crippen LogP contribution in [0.1, 0.15) is 24.1 Å². The molecule has 1 heterocycles. The van der Waals surface area contributed by atoms with Crippen molar-refractivity contribution < 1.29 is 47.9 Å². The van der Waals surface area contributed by atoms with Crippen molar-refractivity contribution in [1.29, 1.82) is 0 Å². The molecule has 0 spiro atoms. The molecule has 1 aromatic rings. The number of nitrogens with one attached hydrogen (secondary N) is 1. The van der Waals surface area contributed by atoms with E-state index in [1.165, 1.54) is 0 Å². The van der Waals surface area contributed by atoms with E-state index in [9.17, 15) is 22.8 Å². The first-order valence-electron chi connectivity index (χ1n) is 9.34. The largest absolute Gasteiger partial charge is 0.479 e. The summed E-state index contributed by atoms with van der Waals surface area (Å²) in [6, 6.07) is 5.70. The molecule has 1 aliphatic rings. The maximum Gasteiger partial charge on any atom is 0.416 e. The van der Waals surface area contributed by atoms with Crippen LogP contribution in [0.2, 0.25) is 0 Å². The fourth-order valence-electron chi connectivity index (χ4n) is 3.03. The van der Waals surface area contributed by atoms with Crippen molar-refractivity contribution in [2.75, 3.05) is 33.4 Å². The van der Waals surface area contributed by atoms with Crippen molar-refractivity contribution >= 4 is 11.9 Å². The molecule has 31 heavy (non-hydrogen) atoms. The lowest BCUT2D eigenvalue weighted by Gasteiger charge is -2.40. The van der Waals surface area contributed by atoms with Gasteiger partial charge in [-0.05, 0) is 24.6 Å². The lowest BCUT2D eigenvalue weighted by Crippen LogP contribution is -2.51. The molecule has 0 amide bonds. The molecule has 176 valence electrons. The number of ether oxygens (including phenoxy) is 1. The minimum Gasteiger partial charge on any atom is -0.479 e. The molecule has 1 aromatic carbocycles. The lowest BCUT2D eigenvalue weighted by atomic mass is 10.0. The first-order valence-corrected chi connectivity index (χ1v) is 9.34. The number of methoxy groups -OCH3 is 1. The minimum absolute atomic E-state index is 0.0191. The van der Waals surface area contributed by atoms with E-state index in [0.29, 0.717) is 12.6 Å². The fraction of sp³-hybridized carbons (Fsp3) is 0.579. The predicted octanol–water partition coefficient (Wildman–Crippen LogP) is 0.564. The zero-order valence-electron chi connectivity index (χ0n) is 17.0. The van der Waals surface area contributed by atoms with Gasteiger partial charge in [0.1, 0.15) is 0 Å². The van der Waals surface area contributed by atoms with Gasteiger partial charge in [-0.15, -0.1) is 0 Å². The van der Waals surface area contributed by atoms with Gasteiger partial charge in [-0.2, -0.15) is 13.2 Å². The van der Waals surface area contributed by atoms with Gasteiger partial charge >= 0.3 is 18.1 Å². The Morgan fingerprint density at radius 3 is 2.06 bits per heavy atom. The minimum atomic E-state index is -4.29. The van der Waals surface area contributed by atoms with Crippen LogP contribution in [0.3, 0.4) is 0 Å². The Kier molecular flexibility index (Phi) is 10.3. The van der Waals surface area contributed by atoms with Crippen LogP contribution in [0.15, 0.2) is 24.3 Å². The van der Waals surface area contributed by atoms with E-state index in [2.05, 4.69) is 17.1 Å². The molecule has 0 bridgehead atoms. The molecule has 0 aliphatic carbocycles. The number of carboxylic acids is 2. The van der Waals surface area contributed by atoms with Gasteiger partial charge < -0.3 is 30.5 Å². The first-order chi connectivity index (χ1) is 14.4. The van der Waals surface area contributed by atoms with E-state index in [4.69, 9.17) is 25.2 Å². The van der Waals surface area contributed by atoms with Crippen molar-refractivity contribution in [2.24, 2.45) is 0 Å². The number of alkyl halides is 3. The van der Waals surface area contributed by atoms with Crippen molar-refractivity contribution in [1.82, 2.24) is 10.2 Å². The van der Waals surface area contributed by atoms with Gasteiger partial charge in [0.25, 0.3) is 0 Å². The van der Waals surface area contributed by atoms with E-state index in [-0.39, 0.29) is 6.04 Å². The second kappa shape index (κ2) is 12.0. The molecule has 1 aliphatic heterocycles. The number of benzene rings is 1. The van der Waals surface area contributed by atoms with Gasteiger partial charge in [0.2, 0.25) is 0 Å². The van der Waals surface area contributed by atoms with Crippen LogP contribution < -0.4 is 5.32 Å². The van der Waals surface area contributed by atoms with Gasteiger partial charge in [-0.3, -0.25) is 4.90 Å². The smallest absolute Gasteiger partial charge is 0.416 e. The Morgan fingerprint density at radius 1 is 1.16 bits per heavy atom. The molecule has 1 saturated heterocycles. The average molecular weight is 452 g/mol. The Hall–Kier alpha value is -2.25. The van der Waals surface area contributed by atoms with E-state index in [1.54, 1.807) is 19.2 Å².